The van der Waals surface area contributed by atoms with Gasteiger partial charge in [-0.3, -0.25) is 0 Å². The smallest absolute Gasteiger partial charge is 0.0373 e. The van der Waals surface area contributed by atoms with Crippen molar-refractivity contribution in [3.05, 3.63) is 0 Å². The Balaban J connectivity index is 3.37. The first-order chi connectivity index (χ1) is 3.62. The summed E-state index contributed by atoms with van der Waals surface area (Å²) in [6.07, 6.45) is 2.10. The largest absolute Gasteiger partial charge is 0.316 e. The van der Waals surface area contributed by atoms with Crippen molar-refractivity contribution in [2.24, 2.45) is 0 Å². The molecule has 8 heavy (non-hydrogen) atoms. The molecule has 0 unspecified atom stereocenters. The van der Waals surface area contributed by atoms with Gasteiger partial charge in [-0.05, 0) is 20.3 Å². The third-order valence-corrected chi connectivity index (χ3v) is 1.18. The van der Waals surface area contributed by atoms with Gasteiger partial charge in [0.15, 0.2) is 0 Å². The predicted octanol–water partition coefficient (Wildman–Crippen LogP) is 1.54. The van der Waals surface area contributed by atoms with Crippen LogP contribution in [0.4, 0.5) is 0 Å². The first-order valence-corrected chi connectivity index (χ1v) is 3.03. The van der Waals surface area contributed by atoms with Crippen LogP contribution in [0.1, 0.15) is 33.6 Å². The average Bonchev–Trinajstić information content (AvgIpc) is 1.67. The molecule has 0 heterocycles. The number of hydrogen-bond donors (Lipinski definition) is 2. The molecule has 0 saturated heterocycles. The molecule has 0 aliphatic carbocycles. The predicted molar refractivity (Wildman–Crippen MR) is 33.9 cm³/mol. The highest BCUT2D eigenvalue weighted by atomic mass is 16.5. The van der Waals surface area contributed by atoms with Crippen LogP contribution >= 0.6 is 0 Å². The molecule has 0 spiro atoms. The zero-order chi connectivity index (χ0) is 6.62. The second-order valence-corrected chi connectivity index (χ2v) is 2.75. The van der Waals surface area contributed by atoms with E-state index >= 15 is 0 Å². The van der Waals surface area contributed by atoms with Crippen LogP contribution in [0.2, 0.25) is 0 Å². The summed E-state index contributed by atoms with van der Waals surface area (Å²) < 4.78 is 0. The Hall–Kier alpha value is -0.0800. The van der Waals surface area contributed by atoms with E-state index in [-0.39, 0.29) is 5.54 Å². The number of rotatable bonds is 3. The first kappa shape index (κ1) is 7.92. The fraction of sp³-hybridized carbons (Fsp3) is 1.00. The normalized spacial score (nSPS) is 12.0. The van der Waals surface area contributed by atoms with Crippen molar-refractivity contribution < 1.29 is 5.21 Å². The van der Waals surface area contributed by atoms with Crippen molar-refractivity contribution in [1.29, 1.82) is 0 Å². The molecule has 2 N–H and O–H groups in total. The maximum atomic E-state index is 8.48. The van der Waals surface area contributed by atoms with Gasteiger partial charge in [-0.15, -0.1) is 0 Å². The molecule has 2 heteroatoms. The van der Waals surface area contributed by atoms with Gasteiger partial charge in [0.25, 0.3) is 0 Å². The zero-order valence-corrected chi connectivity index (χ0v) is 5.86. The monoisotopic (exact) mass is 117 g/mol. The highest BCUT2D eigenvalue weighted by Crippen LogP contribution is 2.08. The third kappa shape index (κ3) is 2.99. The molecule has 50 valence electrons. The number of hydroxylamine groups is 1. The van der Waals surface area contributed by atoms with E-state index in [1.54, 1.807) is 0 Å². The van der Waals surface area contributed by atoms with Gasteiger partial charge in [0.2, 0.25) is 0 Å². The first-order valence-electron chi connectivity index (χ1n) is 3.03. The van der Waals surface area contributed by atoms with Crippen molar-refractivity contribution in [1.82, 2.24) is 5.48 Å². The van der Waals surface area contributed by atoms with Crippen LogP contribution < -0.4 is 5.48 Å². The second kappa shape index (κ2) is 3.05. The standard InChI is InChI=1S/C6H15NO/c1-4-5-6(2,3)7-8/h7-8H,4-5H2,1-3H3. The van der Waals surface area contributed by atoms with Crippen LogP contribution in [0.5, 0.6) is 0 Å². The van der Waals surface area contributed by atoms with Gasteiger partial charge in [0, 0.05) is 5.54 Å². The molecule has 0 fully saturated rings. The lowest BCUT2D eigenvalue weighted by atomic mass is 10.0. The number of hydrogen-bond acceptors (Lipinski definition) is 2. The SMILES string of the molecule is CCCC(C)(C)NO. The van der Waals surface area contributed by atoms with Crippen molar-refractivity contribution in [2.45, 2.75) is 39.2 Å². The lowest BCUT2D eigenvalue weighted by Gasteiger charge is -2.20. The van der Waals surface area contributed by atoms with Gasteiger partial charge < -0.3 is 5.21 Å². The van der Waals surface area contributed by atoms with Crippen molar-refractivity contribution in [3.8, 4) is 0 Å². The zero-order valence-electron chi connectivity index (χ0n) is 5.86. The summed E-state index contributed by atoms with van der Waals surface area (Å²) in [6.45, 7) is 6.03. The quantitative estimate of drug-likeness (QED) is 0.549. The van der Waals surface area contributed by atoms with Gasteiger partial charge in [-0.25, -0.2) is 5.48 Å². The molecule has 0 amide bonds. The fourth-order valence-electron chi connectivity index (χ4n) is 0.681. The van der Waals surface area contributed by atoms with E-state index in [0.29, 0.717) is 0 Å². The van der Waals surface area contributed by atoms with Crippen LogP contribution in [-0.4, -0.2) is 10.7 Å². The maximum absolute atomic E-state index is 8.48. The summed E-state index contributed by atoms with van der Waals surface area (Å²) in [5.74, 6) is 0. The van der Waals surface area contributed by atoms with Crippen molar-refractivity contribution in [2.75, 3.05) is 0 Å². The molecular weight excluding hydrogens is 102 g/mol. The molecule has 0 aromatic heterocycles. The van der Waals surface area contributed by atoms with Gasteiger partial charge in [-0.2, -0.15) is 0 Å². The molecule has 0 saturated carbocycles. The fourth-order valence-corrected chi connectivity index (χ4v) is 0.681. The van der Waals surface area contributed by atoms with E-state index in [1.807, 2.05) is 13.8 Å². The Kier molecular flexibility index (Phi) is 3.02. The summed E-state index contributed by atoms with van der Waals surface area (Å²) in [5, 5.41) is 8.48. The lowest BCUT2D eigenvalue weighted by Crippen LogP contribution is -2.36. The Labute approximate surface area is 50.9 Å². The molecule has 0 atom stereocenters. The third-order valence-electron chi connectivity index (χ3n) is 1.18. The van der Waals surface area contributed by atoms with Gasteiger partial charge in [0.1, 0.15) is 0 Å². The average molecular weight is 117 g/mol. The molecule has 0 rings (SSSR count). The number of nitrogens with one attached hydrogen (secondary N) is 1. The Bertz CT molecular complexity index is 61.5. The van der Waals surface area contributed by atoms with Crippen LogP contribution in [-0.2, 0) is 0 Å². The molecular formula is C6H15NO. The molecule has 0 aromatic rings. The summed E-state index contributed by atoms with van der Waals surface area (Å²) in [4.78, 5) is 0. The molecule has 0 aromatic carbocycles. The topological polar surface area (TPSA) is 32.3 Å². The van der Waals surface area contributed by atoms with E-state index in [0.717, 1.165) is 12.8 Å². The summed E-state index contributed by atoms with van der Waals surface area (Å²) >= 11 is 0. The van der Waals surface area contributed by atoms with E-state index < -0.39 is 0 Å². The van der Waals surface area contributed by atoms with E-state index in [1.165, 1.54) is 0 Å². The highest BCUT2D eigenvalue weighted by Gasteiger charge is 2.12. The Morgan fingerprint density at radius 2 is 2.00 bits per heavy atom. The maximum Gasteiger partial charge on any atom is 0.0373 e. The minimum atomic E-state index is -0.102. The van der Waals surface area contributed by atoms with Crippen molar-refractivity contribution >= 4 is 0 Å². The van der Waals surface area contributed by atoms with Crippen LogP contribution in [0.15, 0.2) is 0 Å². The van der Waals surface area contributed by atoms with Crippen LogP contribution in [0.3, 0.4) is 0 Å². The summed E-state index contributed by atoms with van der Waals surface area (Å²) in [6, 6.07) is 0. The van der Waals surface area contributed by atoms with Crippen LogP contribution in [0.25, 0.3) is 0 Å². The van der Waals surface area contributed by atoms with E-state index in [9.17, 15) is 0 Å². The molecule has 0 radical (unpaired) electrons. The molecule has 0 aliphatic rings. The van der Waals surface area contributed by atoms with Gasteiger partial charge in [0.05, 0.1) is 0 Å². The minimum Gasteiger partial charge on any atom is -0.316 e. The van der Waals surface area contributed by atoms with E-state index in [2.05, 4.69) is 12.4 Å². The van der Waals surface area contributed by atoms with Crippen molar-refractivity contribution in [3.63, 3.8) is 0 Å². The molecule has 0 aliphatic heterocycles. The second-order valence-electron chi connectivity index (χ2n) is 2.75. The summed E-state index contributed by atoms with van der Waals surface area (Å²) in [7, 11) is 0. The molecule has 2 nitrogen and oxygen atoms in total. The summed E-state index contributed by atoms with van der Waals surface area (Å²) in [5.41, 5.74) is 2.14. The van der Waals surface area contributed by atoms with Gasteiger partial charge in [-0.1, -0.05) is 13.3 Å². The Morgan fingerprint density at radius 3 is 2.12 bits per heavy atom. The molecule has 0 bridgehead atoms. The highest BCUT2D eigenvalue weighted by molar-refractivity contribution is 4.70. The van der Waals surface area contributed by atoms with Gasteiger partial charge >= 0.3 is 0 Å². The Morgan fingerprint density at radius 1 is 1.50 bits per heavy atom. The van der Waals surface area contributed by atoms with Crippen LogP contribution in [0, 0.1) is 0 Å². The lowest BCUT2D eigenvalue weighted by molar-refractivity contribution is 0.0761. The minimum absolute atomic E-state index is 0.102. The van der Waals surface area contributed by atoms with E-state index in [4.69, 9.17) is 5.21 Å².